The fraction of sp³-hybridized carbons (Fsp3) is 0.120. The van der Waals surface area contributed by atoms with Crippen LogP contribution in [0.5, 0.6) is 5.75 Å². The summed E-state index contributed by atoms with van der Waals surface area (Å²) < 4.78 is 12.3. The number of esters is 1. The van der Waals surface area contributed by atoms with Crippen LogP contribution in [-0.4, -0.2) is 18.8 Å². The molecule has 3 aromatic carbocycles. The first-order valence-electron chi connectivity index (χ1n) is 9.74. The Morgan fingerprint density at radius 3 is 2.53 bits per heavy atom. The molecule has 1 heterocycles. The van der Waals surface area contributed by atoms with Crippen molar-refractivity contribution >= 4 is 38.6 Å². The third-order valence-corrected chi connectivity index (χ3v) is 5.61. The number of rotatable bonds is 7. The first-order chi connectivity index (χ1) is 14.8. The van der Waals surface area contributed by atoms with Gasteiger partial charge in [-0.05, 0) is 30.7 Å². The van der Waals surface area contributed by atoms with Gasteiger partial charge in [0.25, 0.3) is 0 Å². The van der Waals surface area contributed by atoms with Gasteiger partial charge < -0.3 is 9.47 Å². The number of hydrogen-bond donors (Lipinski definition) is 0. The maximum absolute atomic E-state index is 12.6. The Morgan fingerprint density at radius 1 is 0.967 bits per heavy atom. The van der Waals surface area contributed by atoms with Gasteiger partial charge in [0.1, 0.15) is 22.9 Å². The highest BCUT2D eigenvalue weighted by atomic mass is 32.1. The number of thiophene rings is 1. The Hall–Kier alpha value is -3.44. The summed E-state index contributed by atoms with van der Waals surface area (Å²) in [5.74, 6) is 0.389. The largest absolute Gasteiger partial charge is 0.488 e. The molecule has 5 heteroatoms. The van der Waals surface area contributed by atoms with Crippen molar-refractivity contribution in [2.75, 3.05) is 6.61 Å². The number of carbonyl (C=O) groups is 1. The van der Waals surface area contributed by atoms with Crippen molar-refractivity contribution in [1.29, 1.82) is 0 Å². The van der Waals surface area contributed by atoms with E-state index in [1.54, 1.807) is 13.1 Å². The lowest BCUT2D eigenvalue weighted by Crippen LogP contribution is -2.04. The highest BCUT2D eigenvalue weighted by molar-refractivity contribution is 7.23. The summed E-state index contributed by atoms with van der Waals surface area (Å²) in [5, 5.41) is 1.49. The van der Waals surface area contributed by atoms with E-state index >= 15 is 0 Å². The summed E-state index contributed by atoms with van der Waals surface area (Å²) >= 11 is 1.47. The fourth-order valence-electron chi connectivity index (χ4n) is 3.11. The van der Waals surface area contributed by atoms with Crippen LogP contribution in [0.2, 0.25) is 0 Å². The lowest BCUT2D eigenvalue weighted by atomic mass is 10.1. The van der Waals surface area contributed by atoms with E-state index in [1.165, 1.54) is 11.3 Å². The molecule has 0 aliphatic heterocycles. The molecule has 0 aliphatic carbocycles. The molecule has 0 spiro atoms. The predicted octanol–water partition coefficient (Wildman–Crippen LogP) is 6.41. The molecule has 0 unspecified atom stereocenters. The number of para-hydroxylation sites is 1. The van der Waals surface area contributed by atoms with E-state index in [0.29, 0.717) is 23.8 Å². The van der Waals surface area contributed by atoms with Gasteiger partial charge >= 0.3 is 5.97 Å². The molecule has 0 radical (unpaired) electrons. The van der Waals surface area contributed by atoms with E-state index in [9.17, 15) is 4.79 Å². The van der Waals surface area contributed by atoms with Crippen molar-refractivity contribution < 1.29 is 14.3 Å². The monoisotopic (exact) mass is 415 g/mol. The number of nitrogens with zero attached hydrogens (tertiary/aromatic N) is 1. The van der Waals surface area contributed by atoms with E-state index in [4.69, 9.17) is 9.47 Å². The molecule has 150 valence electrons. The zero-order valence-corrected chi connectivity index (χ0v) is 17.4. The van der Waals surface area contributed by atoms with Crippen molar-refractivity contribution in [3.8, 4) is 5.75 Å². The van der Waals surface area contributed by atoms with Crippen molar-refractivity contribution in [3.05, 3.63) is 95.6 Å². The molecule has 0 N–H and O–H groups in total. The van der Waals surface area contributed by atoms with E-state index in [1.807, 2.05) is 78.9 Å². The lowest BCUT2D eigenvalue weighted by molar-refractivity contribution is 0.0530. The molecule has 0 aliphatic rings. The van der Waals surface area contributed by atoms with Crippen LogP contribution < -0.4 is 4.74 Å². The number of ether oxygens (including phenoxy) is 2. The summed E-state index contributed by atoms with van der Waals surface area (Å²) in [6.07, 6.45) is 1.74. The Morgan fingerprint density at radius 2 is 1.70 bits per heavy atom. The molecule has 0 saturated carbocycles. The van der Waals surface area contributed by atoms with Gasteiger partial charge in [0, 0.05) is 21.9 Å². The minimum atomic E-state index is -0.351. The van der Waals surface area contributed by atoms with Gasteiger partial charge in [0.05, 0.1) is 6.61 Å². The van der Waals surface area contributed by atoms with E-state index in [0.717, 1.165) is 27.0 Å². The van der Waals surface area contributed by atoms with Crippen molar-refractivity contribution in [3.63, 3.8) is 0 Å². The third kappa shape index (κ3) is 4.42. The second kappa shape index (κ2) is 9.37. The van der Waals surface area contributed by atoms with Crippen LogP contribution in [0.4, 0.5) is 5.00 Å². The molecular formula is C25H21NO3S. The van der Waals surface area contributed by atoms with Crippen molar-refractivity contribution in [1.82, 2.24) is 0 Å². The van der Waals surface area contributed by atoms with E-state index in [2.05, 4.69) is 4.99 Å². The van der Waals surface area contributed by atoms with Gasteiger partial charge in [0.15, 0.2) is 0 Å². The summed E-state index contributed by atoms with van der Waals surface area (Å²) in [6.45, 7) is 2.60. The molecule has 0 fully saturated rings. The molecule has 4 aromatic rings. The highest BCUT2D eigenvalue weighted by Gasteiger charge is 2.19. The molecule has 4 rings (SSSR count). The average molecular weight is 416 g/mol. The van der Waals surface area contributed by atoms with Crippen LogP contribution in [0.25, 0.3) is 10.1 Å². The molecule has 0 bridgehead atoms. The zero-order chi connectivity index (χ0) is 20.8. The Bertz CT molecular complexity index is 1180. The molecular weight excluding hydrogens is 394 g/mol. The summed E-state index contributed by atoms with van der Waals surface area (Å²) in [7, 11) is 0. The second-order valence-corrected chi connectivity index (χ2v) is 7.60. The Kier molecular flexibility index (Phi) is 6.20. The third-order valence-electron chi connectivity index (χ3n) is 4.53. The maximum atomic E-state index is 12.6. The molecule has 1 aromatic heterocycles. The quantitative estimate of drug-likeness (QED) is 0.259. The maximum Gasteiger partial charge on any atom is 0.341 e. The van der Waals surface area contributed by atoms with Crippen LogP contribution in [0.1, 0.15) is 28.4 Å². The zero-order valence-electron chi connectivity index (χ0n) is 16.6. The van der Waals surface area contributed by atoms with E-state index < -0.39 is 0 Å². The highest BCUT2D eigenvalue weighted by Crippen LogP contribution is 2.38. The van der Waals surface area contributed by atoms with Gasteiger partial charge in [-0.15, -0.1) is 11.3 Å². The number of benzene rings is 3. The summed E-state index contributed by atoms with van der Waals surface area (Å²) in [5.41, 5.74) is 2.45. The number of carbonyl (C=O) groups excluding carboxylic acids is 1. The van der Waals surface area contributed by atoms with Crippen molar-refractivity contribution in [2.24, 2.45) is 4.99 Å². The van der Waals surface area contributed by atoms with Crippen LogP contribution in [0.3, 0.4) is 0 Å². The minimum absolute atomic E-state index is 0.322. The number of aliphatic imine (C=N–C) groups is 1. The first-order valence-corrected chi connectivity index (χ1v) is 10.6. The molecule has 4 nitrogen and oxygen atoms in total. The minimum Gasteiger partial charge on any atom is -0.488 e. The Balaban J connectivity index is 1.64. The number of hydrogen-bond acceptors (Lipinski definition) is 5. The van der Waals surface area contributed by atoms with Crippen LogP contribution in [0, 0.1) is 0 Å². The molecule has 0 atom stereocenters. The van der Waals surface area contributed by atoms with Gasteiger partial charge in [0.2, 0.25) is 0 Å². The standard InChI is InChI=1S/C25H21NO3S/c1-2-28-25(27)23-20-13-7-9-15-22(20)30-24(23)26-16-19-12-6-8-14-21(19)29-17-18-10-4-3-5-11-18/h3-16H,2,17H2,1H3. The average Bonchev–Trinajstić information content (AvgIpc) is 3.16. The van der Waals surface area contributed by atoms with E-state index in [-0.39, 0.29) is 5.97 Å². The Labute approximate surface area is 179 Å². The lowest BCUT2D eigenvalue weighted by Gasteiger charge is -2.09. The topological polar surface area (TPSA) is 47.9 Å². The molecule has 0 saturated heterocycles. The van der Waals surface area contributed by atoms with Crippen LogP contribution in [0.15, 0.2) is 83.9 Å². The van der Waals surface area contributed by atoms with Crippen LogP contribution in [-0.2, 0) is 11.3 Å². The molecule has 0 amide bonds. The van der Waals surface area contributed by atoms with Crippen LogP contribution >= 0.6 is 11.3 Å². The first kappa shape index (κ1) is 19.9. The van der Waals surface area contributed by atoms with Gasteiger partial charge in [-0.2, -0.15) is 0 Å². The number of fused-ring (bicyclic) bond motifs is 1. The van der Waals surface area contributed by atoms with Gasteiger partial charge in [-0.3, -0.25) is 0 Å². The summed E-state index contributed by atoms with van der Waals surface area (Å²) in [6, 6.07) is 25.5. The van der Waals surface area contributed by atoms with Crippen molar-refractivity contribution in [2.45, 2.75) is 13.5 Å². The SMILES string of the molecule is CCOC(=O)c1c(N=Cc2ccccc2OCc2ccccc2)sc2ccccc12. The molecule has 30 heavy (non-hydrogen) atoms. The predicted molar refractivity (Wildman–Crippen MR) is 122 cm³/mol. The summed E-state index contributed by atoms with van der Waals surface area (Å²) in [4.78, 5) is 17.2. The fourth-order valence-corrected chi connectivity index (χ4v) is 4.14. The smallest absolute Gasteiger partial charge is 0.341 e. The van der Waals surface area contributed by atoms with Gasteiger partial charge in [-0.1, -0.05) is 60.7 Å². The van der Waals surface area contributed by atoms with Gasteiger partial charge in [-0.25, -0.2) is 9.79 Å². The second-order valence-electron chi connectivity index (χ2n) is 6.57. The normalized spacial score (nSPS) is 11.1.